The predicted molar refractivity (Wildman–Crippen MR) is 79.9 cm³/mol. The van der Waals surface area contributed by atoms with Crippen molar-refractivity contribution in [1.82, 2.24) is 4.98 Å². The van der Waals surface area contributed by atoms with Gasteiger partial charge in [-0.15, -0.1) is 0 Å². The van der Waals surface area contributed by atoms with Crippen LogP contribution in [0.25, 0.3) is 0 Å². The first-order valence-corrected chi connectivity index (χ1v) is 7.56. The Kier molecular flexibility index (Phi) is 6.23. The second-order valence-corrected chi connectivity index (χ2v) is 5.33. The molecule has 1 aromatic rings. The van der Waals surface area contributed by atoms with Crippen LogP contribution in [0.5, 0.6) is 0 Å². The Bertz CT molecular complexity index is 374. The molecule has 17 heavy (non-hydrogen) atoms. The Hall–Kier alpha value is -0.320. The fraction of sp³-hybridized carbons (Fsp3) is 0.545. The van der Waals surface area contributed by atoms with Crippen molar-refractivity contribution in [2.75, 3.05) is 29.7 Å². The monoisotopic (exact) mass is 293 g/mol. The summed E-state index contributed by atoms with van der Waals surface area (Å²) in [5.74, 6) is 2.34. The van der Waals surface area contributed by atoms with Gasteiger partial charge in [0.25, 0.3) is 0 Å². The lowest BCUT2D eigenvalue weighted by atomic mass is 10.2. The highest BCUT2D eigenvalue weighted by molar-refractivity contribution is 7.98. The smallest absolute Gasteiger partial charge is 0.147 e. The van der Waals surface area contributed by atoms with Gasteiger partial charge in [0.05, 0.1) is 10.0 Å². The van der Waals surface area contributed by atoms with Crippen LogP contribution in [0.4, 0.5) is 11.6 Å². The molecule has 0 aliphatic rings. The Balaban J connectivity index is 2.89. The molecule has 0 amide bonds. The van der Waals surface area contributed by atoms with Gasteiger partial charge in [0, 0.05) is 18.8 Å². The summed E-state index contributed by atoms with van der Waals surface area (Å²) in [7, 11) is 1.78. The van der Waals surface area contributed by atoms with Crippen molar-refractivity contribution in [3.8, 4) is 0 Å². The average molecular weight is 294 g/mol. The molecule has 0 fully saturated rings. The van der Waals surface area contributed by atoms with Crippen molar-refractivity contribution in [2.45, 2.75) is 19.4 Å². The van der Waals surface area contributed by atoms with Crippen LogP contribution in [0.2, 0.25) is 10.0 Å². The number of pyridine rings is 1. The fourth-order valence-corrected chi connectivity index (χ4v) is 2.63. The molecule has 0 aliphatic heterocycles. The van der Waals surface area contributed by atoms with Gasteiger partial charge in [0.1, 0.15) is 11.6 Å². The summed E-state index contributed by atoms with van der Waals surface area (Å²) in [6.45, 7) is 2.14. The van der Waals surface area contributed by atoms with Gasteiger partial charge in [0.15, 0.2) is 0 Å². The molecule has 0 spiro atoms. The van der Waals surface area contributed by atoms with E-state index in [1.54, 1.807) is 24.9 Å². The summed E-state index contributed by atoms with van der Waals surface area (Å²) in [5, 5.41) is 7.35. The van der Waals surface area contributed by atoms with Gasteiger partial charge in [-0.2, -0.15) is 11.8 Å². The van der Waals surface area contributed by atoms with Crippen LogP contribution in [0.3, 0.4) is 0 Å². The first kappa shape index (κ1) is 14.7. The molecular formula is C11H17Cl2N3S. The van der Waals surface area contributed by atoms with E-state index in [9.17, 15) is 0 Å². The zero-order chi connectivity index (χ0) is 12.8. The molecule has 3 nitrogen and oxygen atoms in total. The minimum atomic E-state index is 0.362. The number of anilines is 2. The highest BCUT2D eigenvalue weighted by Gasteiger charge is 2.12. The second kappa shape index (κ2) is 7.19. The molecule has 6 heteroatoms. The molecule has 1 atom stereocenters. The maximum absolute atomic E-state index is 6.12. The zero-order valence-electron chi connectivity index (χ0n) is 10.2. The van der Waals surface area contributed by atoms with Gasteiger partial charge >= 0.3 is 0 Å². The summed E-state index contributed by atoms with van der Waals surface area (Å²) >= 11 is 13.9. The Labute approximate surface area is 117 Å². The van der Waals surface area contributed by atoms with E-state index in [1.165, 1.54) is 0 Å². The Morgan fingerprint density at radius 1 is 1.35 bits per heavy atom. The van der Waals surface area contributed by atoms with Gasteiger partial charge < -0.3 is 10.6 Å². The molecule has 0 bridgehead atoms. The minimum Gasteiger partial charge on any atom is -0.372 e. The number of hydrogen-bond acceptors (Lipinski definition) is 4. The highest BCUT2D eigenvalue weighted by atomic mass is 35.5. The highest BCUT2D eigenvalue weighted by Crippen LogP contribution is 2.29. The lowest BCUT2D eigenvalue weighted by Crippen LogP contribution is -2.22. The number of halogens is 2. The molecule has 1 aromatic heterocycles. The van der Waals surface area contributed by atoms with E-state index in [0.717, 1.165) is 12.2 Å². The number of rotatable bonds is 6. The lowest BCUT2D eigenvalue weighted by molar-refractivity contribution is 0.770. The maximum Gasteiger partial charge on any atom is 0.147 e. The van der Waals surface area contributed by atoms with E-state index in [0.29, 0.717) is 27.7 Å². The molecule has 2 N–H and O–H groups in total. The number of nitrogens with zero attached hydrogens (tertiary/aromatic N) is 1. The van der Waals surface area contributed by atoms with E-state index >= 15 is 0 Å². The maximum atomic E-state index is 6.12. The summed E-state index contributed by atoms with van der Waals surface area (Å²) in [6.07, 6.45) is 3.11. The average Bonchev–Trinajstić information content (AvgIpc) is 2.31. The SMILES string of the molecule is CCC(CSC)Nc1nc(NC)c(Cl)cc1Cl. The predicted octanol–water partition coefficient (Wildman–Crippen LogP) is 3.98. The molecule has 0 aliphatic carbocycles. The van der Waals surface area contributed by atoms with Crippen LogP contribution in [0, 0.1) is 0 Å². The van der Waals surface area contributed by atoms with Crippen LogP contribution in [-0.4, -0.2) is 30.1 Å². The number of nitrogens with one attached hydrogen (secondary N) is 2. The van der Waals surface area contributed by atoms with Crippen molar-refractivity contribution in [3.05, 3.63) is 16.1 Å². The molecule has 0 saturated heterocycles. The lowest BCUT2D eigenvalue weighted by Gasteiger charge is -2.18. The largest absolute Gasteiger partial charge is 0.372 e. The third kappa shape index (κ3) is 4.12. The van der Waals surface area contributed by atoms with Gasteiger partial charge in [0.2, 0.25) is 0 Å². The van der Waals surface area contributed by atoms with E-state index < -0.39 is 0 Å². The quantitative estimate of drug-likeness (QED) is 0.832. The fourth-order valence-electron chi connectivity index (χ4n) is 1.40. The molecule has 1 heterocycles. The standard InChI is InChI=1S/C11H17Cl2N3S/c1-4-7(6-17-3)15-11-9(13)5-8(12)10(14-2)16-11/h5,7H,4,6H2,1-3H3,(H2,14,15,16). The normalized spacial score (nSPS) is 12.3. The molecule has 1 unspecified atom stereocenters. The van der Waals surface area contributed by atoms with Crippen LogP contribution in [0.15, 0.2) is 6.07 Å². The van der Waals surface area contributed by atoms with Crippen LogP contribution < -0.4 is 10.6 Å². The van der Waals surface area contributed by atoms with E-state index in [4.69, 9.17) is 23.2 Å². The Morgan fingerprint density at radius 3 is 2.53 bits per heavy atom. The molecule has 0 aromatic carbocycles. The third-order valence-corrected chi connectivity index (χ3v) is 3.68. The molecular weight excluding hydrogens is 277 g/mol. The van der Waals surface area contributed by atoms with Crippen molar-refractivity contribution in [2.24, 2.45) is 0 Å². The van der Waals surface area contributed by atoms with E-state index in [-0.39, 0.29) is 0 Å². The second-order valence-electron chi connectivity index (χ2n) is 3.60. The van der Waals surface area contributed by atoms with Crippen molar-refractivity contribution in [3.63, 3.8) is 0 Å². The van der Waals surface area contributed by atoms with Crippen LogP contribution >= 0.6 is 35.0 Å². The topological polar surface area (TPSA) is 37.0 Å². The first-order valence-electron chi connectivity index (χ1n) is 5.41. The summed E-state index contributed by atoms with van der Waals surface area (Å²) in [6, 6.07) is 2.07. The number of aromatic nitrogens is 1. The summed E-state index contributed by atoms with van der Waals surface area (Å²) in [4.78, 5) is 4.36. The van der Waals surface area contributed by atoms with Gasteiger partial charge in [-0.25, -0.2) is 4.98 Å². The van der Waals surface area contributed by atoms with Crippen molar-refractivity contribution in [1.29, 1.82) is 0 Å². The van der Waals surface area contributed by atoms with Crippen molar-refractivity contribution < 1.29 is 0 Å². The molecule has 0 radical (unpaired) electrons. The van der Waals surface area contributed by atoms with Gasteiger partial charge in [-0.3, -0.25) is 0 Å². The van der Waals surface area contributed by atoms with Crippen LogP contribution in [-0.2, 0) is 0 Å². The molecule has 0 saturated carbocycles. The summed E-state index contributed by atoms with van der Waals surface area (Å²) < 4.78 is 0. The Morgan fingerprint density at radius 2 is 2.00 bits per heavy atom. The van der Waals surface area contributed by atoms with E-state index in [2.05, 4.69) is 28.8 Å². The third-order valence-electron chi connectivity index (χ3n) is 2.37. The molecule has 1 rings (SSSR count). The number of thioether (sulfide) groups is 1. The van der Waals surface area contributed by atoms with Crippen molar-refractivity contribution >= 4 is 46.6 Å². The minimum absolute atomic E-state index is 0.362. The van der Waals surface area contributed by atoms with Gasteiger partial charge in [-0.1, -0.05) is 30.1 Å². The van der Waals surface area contributed by atoms with Gasteiger partial charge in [-0.05, 0) is 18.7 Å². The zero-order valence-corrected chi connectivity index (χ0v) is 12.5. The van der Waals surface area contributed by atoms with E-state index in [1.807, 2.05) is 0 Å². The molecule has 96 valence electrons. The first-order chi connectivity index (χ1) is 8.12. The van der Waals surface area contributed by atoms with Crippen LogP contribution in [0.1, 0.15) is 13.3 Å². The number of hydrogen-bond donors (Lipinski definition) is 2. The summed E-state index contributed by atoms with van der Waals surface area (Å²) in [5.41, 5.74) is 0.